The summed E-state index contributed by atoms with van der Waals surface area (Å²) in [6.07, 6.45) is 4.14. The fourth-order valence-electron chi connectivity index (χ4n) is 1.14. The van der Waals surface area contributed by atoms with Crippen LogP contribution in [0, 0.1) is 0 Å². The van der Waals surface area contributed by atoms with Crippen molar-refractivity contribution in [1.29, 1.82) is 0 Å². The lowest BCUT2D eigenvalue weighted by Gasteiger charge is -2.00. The standard InChI is InChI=1S/C8H8N6O3/c15-7(11-5-1-9-10-2-5)4-14-3-6(8(16)17)12-13-14/h1-3H,4H2,(H,9,10)(H,11,15)(H,16,17). The smallest absolute Gasteiger partial charge is 0.358 e. The highest BCUT2D eigenvalue weighted by Crippen LogP contribution is 2.01. The van der Waals surface area contributed by atoms with Crippen LogP contribution in [0.15, 0.2) is 18.6 Å². The highest BCUT2D eigenvalue weighted by atomic mass is 16.4. The molecular formula is C8H8N6O3. The van der Waals surface area contributed by atoms with Crippen molar-refractivity contribution < 1.29 is 14.7 Å². The van der Waals surface area contributed by atoms with Crippen molar-refractivity contribution >= 4 is 17.6 Å². The highest BCUT2D eigenvalue weighted by Gasteiger charge is 2.10. The normalized spacial score (nSPS) is 10.1. The molecule has 0 saturated heterocycles. The summed E-state index contributed by atoms with van der Waals surface area (Å²) in [5.41, 5.74) is 0.315. The van der Waals surface area contributed by atoms with E-state index in [0.29, 0.717) is 5.69 Å². The van der Waals surface area contributed by atoms with Crippen LogP contribution in [0.4, 0.5) is 5.69 Å². The van der Waals surface area contributed by atoms with Gasteiger partial charge in [-0.05, 0) is 0 Å². The number of carbonyl (C=O) groups is 2. The maximum atomic E-state index is 11.5. The molecule has 0 bridgehead atoms. The molecule has 9 nitrogen and oxygen atoms in total. The molecule has 1 amide bonds. The van der Waals surface area contributed by atoms with Crippen LogP contribution in [0.25, 0.3) is 0 Å². The molecule has 88 valence electrons. The molecule has 9 heteroatoms. The molecule has 2 aromatic heterocycles. The van der Waals surface area contributed by atoms with Crippen LogP contribution in [-0.2, 0) is 11.3 Å². The number of aromatic nitrogens is 5. The number of nitrogens with one attached hydrogen (secondary N) is 2. The summed E-state index contributed by atoms with van der Waals surface area (Å²) in [4.78, 5) is 22.0. The molecule has 0 aliphatic heterocycles. The molecule has 2 heterocycles. The monoisotopic (exact) mass is 236 g/mol. The van der Waals surface area contributed by atoms with Crippen molar-refractivity contribution in [3.8, 4) is 0 Å². The number of amides is 1. The summed E-state index contributed by atoms with van der Waals surface area (Å²) in [7, 11) is 0. The molecule has 2 aromatic rings. The van der Waals surface area contributed by atoms with Crippen LogP contribution in [-0.4, -0.2) is 42.2 Å². The van der Waals surface area contributed by atoms with Gasteiger partial charge >= 0.3 is 5.97 Å². The van der Waals surface area contributed by atoms with Gasteiger partial charge in [0.15, 0.2) is 5.69 Å². The van der Waals surface area contributed by atoms with Crippen LogP contribution in [0.1, 0.15) is 10.5 Å². The Balaban J connectivity index is 1.96. The number of carboxylic acids is 1. The summed E-state index contributed by atoms with van der Waals surface area (Å²) in [5.74, 6) is -1.54. The van der Waals surface area contributed by atoms with E-state index in [1.54, 1.807) is 0 Å². The van der Waals surface area contributed by atoms with Gasteiger partial charge in [-0.1, -0.05) is 5.21 Å². The Labute approximate surface area is 94.4 Å². The predicted molar refractivity (Wildman–Crippen MR) is 54.2 cm³/mol. The second-order valence-electron chi connectivity index (χ2n) is 3.14. The molecule has 17 heavy (non-hydrogen) atoms. The Morgan fingerprint density at radius 3 is 2.94 bits per heavy atom. The second-order valence-corrected chi connectivity index (χ2v) is 3.14. The highest BCUT2D eigenvalue weighted by molar-refractivity contribution is 5.90. The Bertz CT molecular complexity index is 531. The second kappa shape index (κ2) is 4.43. The van der Waals surface area contributed by atoms with E-state index in [1.165, 1.54) is 18.6 Å². The van der Waals surface area contributed by atoms with E-state index in [1.807, 2.05) is 0 Å². The molecular weight excluding hydrogens is 228 g/mol. The minimum Gasteiger partial charge on any atom is -0.476 e. The summed E-state index contributed by atoms with van der Waals surface area (Å²) in [6, 6.07) is 0. The van der Waals surface area contributed by atoms with Gasteiger partial charge in [0.05, 0.1) is 18.1 Å². The van der Waals surface area contributed by atoms with Crippen molar-refractivity contribution in [3.63, 3.8) is 0 Å². The minimum atomic E-state index is -1.19. The molecule has 0 aliphatic rings. The number of hydrogen-bond acceptors (Lipinski definition) is 5. The van der Waals surface area contributed by atoms with E-state index < -0.39 is 5.97 Å². The van der Waals surface area contributed by atoms with E-state index in [4.69, 9.17) is 5.11 Å². The fourth-order valence-corrected chi connectivity index (χ4v) is 1.14. The van der Waals surface area contributed by atoms with Gasteiger partial charge in [0, 0.05) is 6.20 Å². The van der Waals surface area contributed by atoms with Crippen LogP contribution >= 0.6 is 0 Å². The fraction of sp³-hybridized carbons (Fsp3) is 0.125. The number of aromatic amines is 1. The van der Waals surface area contributed by atoms with Gasteiger partial charge in [0.2, 0.25) is 5.91 Å². The lowest BCUT2D eigenvalue weighted by molar-refractivity contribution is -0.116. The molecule has 0 atom stereocenters. The number of rotatable bonds is 4. The Morgan fingerprint density at radius 1 is 1.53 bits per heavy atom. The van der Waals surface area contributed by atoms with Gasteiger partial charge in [-0.2, -0.15) is 5.10 Å². The van der Waals surface area contributed by atoms with Crippen LogP contribution in [0.2, 0.25) is 0 Å². The first-order chi connectivity index (χ1) is 8.15. The van der Waals surface area contributed by atoms with Gasteiger partial charge in [0.1, 0.15) is 6.54 Å². The zero-order chi connectivity index (χ0) is 12.3. The Hall–Kier alpha value is -2.71. The number of aromatic carboxylic acids is 1. The molecule has 0 radical (unpaired) electrons. The van der Waals surface area contributed by atoms with Crippen molar-refractivity contribution in [1.82, 2.24) is 25.2 Å². The summed E-state index contributed by atoms with van der Waals surface area (Å²) >= 11 is 0. The van der Waals surface area contributed by atoms with Crippen molar-refractivity contribution in [2.75, 3.05) is 5.32 Å². The number of anilines is 1. The molecule has 0 aliphatic carbocycles. The van der Waals surface area contributed by atoms with Gasteiger partial charge < -0.3 is 10.4 Å². The number of hydrogen-bond donors (Lipinski definition) is 3. The zero-order valence-electron chi connectivity index (χ0n) is 8.49. The quantitative estimate of drug-likeness (QED) is 0.646. The van der Waals surface area contributed by atoms with Crippen molar-refractivity contribution in [2.45, 2.75) is 6.54 Å². The SMILES string of the molecule is O=C(Cn1cc(C(=O)O)nn1)Nc1cn[nH]c1. The molecule has 0 aromatic carbocycles. The van der Waals surface area contributed by atoms with E-state index in [2.05, 4.69) is 25.8 Å². The number of H-pyrrole nitrogens is 1. The molecule has 0 spiro atoms. The van der Waals surface area contributed by atoms with Crippen LogP contribution in [0.5, 0.6) is 0 Å². The van der Waals surface area contributed by atoms with Crippen LogP contribution in [0.3, 0.4) is 0 Å². The first-order valence-electron chi connectivity index (χ1n) is 4.57. The van der Waals surface area contributed by atoms with E-state index in [9.17, 15) is 9.59 Å². The average Bonchev–Trinajstić information content (AvgIpc) is 2.88. The summed E-state index contributed by atoms with van der Waals surface area (Å²) < 4.78 is 1.14. The zero-order valence-corrected chi connectivity index (χ0v) is 8.49. The van der Waals surface area contributed by atoms with E-state index in [0.717, 1.165) is 4.68 Å². The predicted octanol–water partition coefficient (Wildman–Crippen LogP) is -0.662. The van der Waals surface area contributed by atoms with Gasteiger partial charge in [-0.25, -0.2) is 9.48 Å². The third-order valence-corrected chi connectivity index (χ3v) is 1.85. The molecule has 0 saturated carbocycles. The number of carboxylic acid groups (broad SMARTS) is 1. The third-order valence-electron chi connectivity index (χ3n) is 1.85. The first-order valence-corrected chi connectivity index (χ1v) is 4.57. The molecule has 2 rings (SSSR count). The minimum absolute atomic E-state index is 0.120. The maximum Gasteiger partial charge on any atom is 0.358 e. The van der Waals surface area contributed by atoms with E-state index >= 15 is 0 Å². The van der Waals surface area contributed by atoms with Crippen LogP contribution < -0.4 is 5.32 Å². The largest absolute Gasteiger partial charge is 0.476 e. The van der Waals surface area contributed by atoms with E-state index in [-0.39, 0.29) is 18.1 Å². The first kappa shape index (κ1) is 10.8. The molecule has 0 unspecified atom stereocenters. The Kier molecular flexibility index (Phi) is 2.81. The summed E-state index contributed by atoms with van der Waals surface area (Å²) in [6.45, 7) is -0.120. The van der Waals surface area contributed by atoms with Crippen molar-refractivity contribution in [3.05, 3.63) is 24.3 Å². The lowest BCUT2D eigenvalue weighted by atomic mass is 10.5. The summed E-state index contributed by atoms with van der Waals surface area (Å²) in [5, 5.41) is 24.2. The van der Waals surface area contributed by atoms with Gasteiger partial charge in [0.25, 0.3) is 0 Å². The van der Waals surface area contributed by atoms with Crippen molar-refractivity contribution in [2.24, 2.45) is 0 Å². The molecule has 0 fully saturated rings. The molecule has 3 N–H and O–H groups in total. The Morgan fingerprint density at radius 2 is 2.35 bits per heavy atom. The number of carbonyl (C=O) groups excluding carboxylic acids is 1. The number of nitrogens with zero attached hydrogens (tertiary/aromatic N) is 4. The average molecular weight is 236 g/mol. The topological polar surface area (TPSA) is 126 Å². The lowest BCUT2D eigenvalue weighted by Crippen LogP contribution is -2.18. The maximum absolute atomic E-state index is 11.5. The van der Waals surface area contributed by atoms with Gasteiger partial charge in [-0.3, -0.25) is 9.89 Å². The third kappa shape index (κ3) is 2.65. The van der Waals surface area contributed by atoms with Gasteiger partial charge in [-0.15, -0.1) is 5.10 Å².